The van der Waals surface area contributed by atoms with Crippen LogP contribution in [0.5, 0.6) is 0 Å². The van der Waals surface area contributed by atoms with Crippen LogP contribution < -0.4 is 14.7 Å². The van der Waals surface area contributed by atoms with Crippen molar-refractivity contribution >= 4 is 55.9 Å². The number of rotatable bonds is 8. The van der Waals surface area contributed by atoms with Gasteiger partial charge in [-0.2, -0.15) is 0 Å². The van der Waals surface area contributed by atoms with Gasteiger partial charge in [-0.15, -0.1) is 0 Å². The number of hydrogen-bond donors (Lipinski definition) is 0. The van der Waals surface area contributed by atoms with E-state index in [0.29, 0.717) is 5.69 Å². The molecule has 3 heterocycles. The lowest BCUT2D eigenvalue weighted by Crippen LogP contribution is -2.24. The smallest absolute Gasteiger partial charge is 0.138 e. The van der Waals surface area contributed by atoms with Crippen LogP contribution in [-0.2, 0) is 0 Å². The number of anilines is 6. The summed E-state index contributed by atoms with van der Waals surface area (Å²) in [6, 6.07) is 73.8. The summed E-state index contributed by atoms with van der Waals surface area (Å²) in [5, 5.41) is 2.26. The molecule has 0 spiro atoms. The first kappa shape index (κ1) is 32.1. The van der Waals surface area contributed by atoms with Crippen molar-refractivity contribution in [3.63, 3.8) is 0 Å². The molecule has 11 rings (SSSR count). The second-order valence-electron chi connectivity index (χ2n) is 15.1. The van der Waals surface area contributed by atoms with E-state index in [1.165, 1.54) is 4.90 Å². The zero-order chi connectivity index (χ0) is 42.5. The molecule has 1 aliphatic rings. The van der Waals surface area contributed by atoms with Crippen LogP contribution >= 0.6 is 0 Å². The molecular weight excluding hydrogens is 731 g/mol. The van der Waals surface area contributed by atoms with Gasteiger partial charge >= 0.3 is 0 Å². The highest BCUT2D eigenvalue weighted by molar-refractivity contribution is 6.11. The van der Waals surface area contributed by atoms with Crippen molar-refractivity contribution in [2.45, 2.75) is 0 Å². The van der Waals surface area contributed by atoms with Gasteiger partial charge in [0, 0.05) is 56.2 Å². The standard InChI is InChI=1S/C55H41N5/c1-57-38-58(52-30-14-13-29-51(52)57)43-23-15-24-44(36-43)59(55-46(40-19-7-3-8-20-40)26-16-27-47(55)41-21-9-4-10-22-41)45-31-32-49-48-25-11-12-28-50(48)60(53(49)37-45)54-35-42(33-34-56-54)39-17-5-2-6-18-39/h2-37H,38H2,1H3/i1D3. The molecule has 0 saturated heterocycles. The Morgan fingerprint density at radius 3 is 1.83 bits per heavy atom. The number of fused-ring (bicyclic) bond motifs is 4. The summed E-state index contributed by atoms with van der Waals surface area (Å²) in [4.78, 5) is 11.0. The largest absolute Gasteiger partial charge is 0.355 e. The van der Waals surface area contributed by atoms with Crippen LogP contribution in [0.25, 0.3) is 61.0 Å². The number of nitrogens with zero attached hydrogens (tertiary/aromatic N) is 5. The van der Waals surface area contributed by atoms with Crippen LogP contribution in [0.1, 0.15) is 4.11 Å². The lowest BCUT2D eigenvalue weighted by Gasteiger charge is -2.31. The fourth-order valence-corrected chi connectivity index (χ4v) is 8.82. The minimum atomic E-state index is -2.31. The average Bonchev–Trinajstić information content (AvgIpc) is 3.90. The molecule has 0 radical (unpaired) electrons. The van der Waals surface area contributed by atoms with Crippen molar-refractivity contribution in [2.24, 2.45) is 0 Å². The van der Waals surface area contributed by atoms with Crippen LogP contribution in [0, 0.1) is 0 Å². The zero-order valence-electron chi connectivity index (χ0n) is 35.7. The van der Waals surface area contributed by atoms with Gasteiger partial charge < -0.3 is 14.7 Å². The molecule has 8 aromatic carbocycles. The SMILES string of the molecule is [2H]C([2H])([2H])N1CN(c2cccc(N(c3ccc4c5ccccc5n(-c5cc(-c6ccccc6)ccn5)c4c3)c3c(-c4ccccc4)cccc3-c3ccccc3)c2)c2ccccc21. The molecular formula is C55H41N5. The third-order valence-corrected chi connectivity index (χ3v) is 11.6. The Bertz CT molecular complexity index is 3220. The minimum absolute atomic E-state index is 0.191. The van der Waals surface area contributed by atoms with Gasteiger partial charge in [-0.05, 0) is 82.9 Å². The molecule has 0 atom stereocenters. The van der Waals surface area contributed by atoms with Crippen molar-refractivity contribution in [3.05, 3.63) is 219 Å². The van der Waals surface area contributed by atoms with Gasteiger partial charge in [-0.1, -0.05) is 152 Å². The summed E-state index contributed by atoms with van der Waals surface area (Å²) in [6.07, 6.45) is 1.89. The molecule has 2 aromatic heterocycles. The number of benzene rings is 8. The topological polar surface area (TPSA) is 27.5 Å². The van der Waals surface area contributed by atoms with Crippen molar-refractivity contribution in [2.75, 3.05) is 28.3 Å². The Kier molecular flexibility index (Phi) is 7.92. The Hall–Kier alpha value is -7.89. The van der Waals surface area contributed by atoms with Gasteiger partial charge in [0.2, 0.25) is 0 Å². The summed E-state index contributed by atoms with van der Waals surface area (Å²) in [7, 11) is 0. The normalized spacial score (nSPS) is 13.2. The lowest BCUT2D eigenvalue weighted by atomic mass is 9.94. The second kappa shape index (κ2) is 14.8. The van der Waals surface area contributed by atoms with Crippen molar-refractivity contribution in [1.29, 1.82) is 0 Å². The van der Waals surface area contributed by atoms with E-state index in [1.807, 2.05) is 36.5 Å². The molecule has 0 aliphatic carbocycles. The number of para-hydroxylation sites is 4. The molecule has 0 saturated carbocycles. The molecule has 286 valence electrons. The summed E-state index contributed by atoms with van der Waals surface area (Å²) in [5.74, 6) is 0.828. The van der Waals surface area contributed by atoms with E-state index in [-0.39, 0.29) is 6.67 Å². The molecule has 0 bridgehead atoms. The van der Waals surface area contributed by atoms with E-state index in [1.54, 1.807) is 0 Å². The van der Waals surface area contributed by atoms with Crippen LogP contribution in [0.4, 0.5) is 34.1 Å². The van der Waals surface area contributed by atoms with E-state index in [9.17, 15) is 0 Å². The van der Waals surface area contributed by atoms with Crippen LogP contribution in [-0.4, -0.2) is 23.2 Å². The van der Waals surface area contributed by atoms with Crippen LogP contribution in [0.3, 0.4) is 0 Å². The van der Waals surface area contributed by atoms with E-state index < -0.39 is 6.98 Å². The third kappa shape index (κ3) is 6.07. The van der Waals surface area contributed by atoms with Crippen LogP contribution in [0.2, 0.25) is 0 Å². The Balaban J connectivity index is 1.18. The Morgan fingerprint density at radius 2 is 1.10 bits per heavy atom. The molecule has 10 aromatic rings. The highest BCUT2D eigenvalue weighted by atomic mass is 15.4. The summed E-state index contributed by atoms with van der Waals surface area (Å²) < 4.78 is 27.5. The highest BCUT2D eigenvalue weighted by Crippen LogP contribution is 2.49. The number of aromatic nitrogens is 2. The predicted octanol–water partition coefficient (Wildman–Crippen LogP) is 14.2. The first-order valence-corrected chi connectivity index (χ1v) is 20.2. The predicted molar refractivity (Wildman–Crippen MR) is 251 cm³/mol. The highest BCUT2D eigenvalue weighted by Gasteiger charge is 2.27. The first-order chi connectivity index (χ1) is 30.9. The molecule has 1 aliphatic heterocycles. The quantitative estimate of drug-likeness (QED) is 0.154. The van der Waals surface area contributed by atoms with Gasteiger partial charge in [0.05, 0.1) is 34.8 Å². The Morgan fingerprint density at radius 1 is 0.483 bits per heavy atom. The number of pyridine rings is 1. The average molecular weight is 775 g/mol. The van der Waals surface area contributed by atoms with Crippen LogP contribution in [0.15, 0.2) is 219 Å². The molecule has 0 fully saturated rings. The molecule has 60 heavy (non-hydrogen) atoms. The second-order valence-corrected chi connectivity index (χ2v) is 15.1. The molecule has 0 unspecified atom stereocenters. The fraction of sp³-hybridized carbons (Fsp3) is 0.0364. The zero-order valence-corrected chi connectivity index (χ0v) is 32.7. The van der Waals surface area contributed by atoms with E-state index in [4.69, 9.17) is 9.10 Å². The van der Waals surface area contributed by atoms with Gasteiger partial charge in [0.25, 0.3) is 0 Å². The fourth-order valence-electron chi connectivity index (χ4n) is 8.82. The Labute approximate surface area is 354 Å². The lowest BCUT2D eigenvalue weighted by molar-refractivity contribution is 0.949. The summed E-state index contributed by atoms with van der Waals surface area (Å²) >= 11 is 0. The van der Waals surface area contributed by atoms with E-state index >= 15 is 0 Å². The van der Waals surface area contributed by atoms with Gasteiger partial charge in [-0.3, -0.25) is 4.57 Å². The van der Waals surface area contributed by atoms with Gasteiger partial charge in [0.15, 0.2) is 0 Å². The first-order valence-electron chi connectivity index (χ1n) is 21.7. The van der Waals surface area contributed by atoms with Crippen molar-refractivity contribution in [1.82, 2.24) is 9.55 Å². The monoisotopic (exact) mass is 774 g/mol. The minimum Gasteiger partial charge on any atom is -0.355 e. The third-order valence-electron chi connectivity index (χ3n) is 11.6. The molecule has 5 nitrogen and oxygen atoms in total. The molecule has 0 amide bonds. The van der Waals surface area contributed by atoms with E-state index in [0.717, 1.165) is 89.4 Å². The maximum absolute atomic E-state index is 8.42. The van der Waals surface area contributed by atoms with Gasteiger partial charge in [-0.25, -0.2) is 4.98 Å². The molecule has 5 heteroatoms. The summed E-state index contributed by atoms with van der Waals surface area (Å²) in [6.45, 7) is -2.12. The van der Waals surface area contributed by atoms with Crippen molar-refractivity contribution in [3.8, 4) is 39.2 Å². The molecule has 0 N–H and O–H groups in total. The van der Waals surface area contributed by atoms with Crippen molar-refractivity contribution < 1.29 is 4.11 Å². The number of hydrogen-bond acceptors (Lipinski definition) is 4. The maximum Gasteiger partial charge on any atom is 0.138 e. The van der Waals surface area contributed by atoms with E-state index in [2.05, 4.69) is 196 Å². The van der Waals surface area contributed by atoms with Gasteiger partial charge in [0.1, 0.15) is 5.82 Å². The maximum atomic E-state index is 8.42. The summed E-state index contributed by atoms with van der Waals surface area (Å²) in [5.41, 5.74) is 13.9.